The number of carbonyl (C=O) groups excluding carboxylic acids is 1. The topological polar surface area (TPSA) is 39.2 Å². The second kappa shape index (κ2) is 4.67. The molecule has 0 atom stereocenters. The molecule has 0 aliphatic rings. The van der Waals surface area contributed by atoms with Crippen molar-refractivity contribution in [1.82, 2.24) is 4.98 Å². The Morgan fingerprint density at radius 1 is 1.29 bits per heavy atom. The summed E-state index contributed by atoms with van der Waals surface area (Å²) in [5, 5.41) is 1.01. The molecule has 3 heteroatoms. The Kier molecular flexibility index (Phi) is 3.06. The van der Waals surface area contributed by atoms with Crippen LogP contribution < -0.4 is 0 Å². The van der Waals surface area contributed by atoms with Crippen molar-refractivity contribution in [1.29, 1.82) is 0 Å². The summed E-state index contributed by atoms with van der Waals surface area (Å²) < 4.78 is 4.45. The molecule has 0 N–H and O–H groups in total. The van der Waals surface area contributed by atoms with Gasteiger partial charge in [0, 0.05) is 22.6 Å². The molecule has 0 unspecified atom stereocenters. The van der Waals surface area contributed by atoms with Gasteiger partial charge in [-0.05, 0) is 31.2 Å². The van der Waals surface area contributed by atoms with Gasteiger partial charge in [-0.15, -0.1) is 0 Å². The van der Waals surface area contributed by atoms with Crippen molar-refractivity contribution in [2.45, 2.75) is 6.92 Å². The molecule has 1 heterocycles. The van der Waals surface area contributed by atoms with Crippen LogP contribution in [0, 0.1) is 18.8 Å². The number of hydrogen-bond acceptors (Lipinski definition) is 3. The number of carbonyl (C=O) groups is 1. The zero-order chi connectivity index (χ0) is 12.3. The quantitative estimate of drug-likeness (QED) is 0.509. The molecule has 2 aromatic rings. The number of methoxy groups -OCH3 is 1. The molecule has 0 radical (unpaired) electrons. The number of rotatable bonds is 0. The third-order valence-corrected chi connectivity index (χ3v) is 2.32. The molecule has 0 saturated heterocycles. The van der Waals surface area contributed by atoms with E-state index in [1.807, 2.05) is 37.3 Å². The summed E-state index contributed by atoms with van der Waals surface area (Å²) in [7, 11) is 1.31. The van der Waals surface area contributed by atoms with Gasteiger partial charge in [-0.3, -0.25) is 4.98 Å². The lowest BCUT2D eigenvalue weighted by atomic mass is 10.1. The predicted octanol–water partition coefficient (Wildman–Crippen LogP) is 2.07. The van der Waals surface area contributed by atoms with Crippen LogP contribution >= 0.6 is 0 Å². The van der Waals surface area contributed by atoms with Crippen LogP contribution in [0.3, 0.4) is 0 Å². The molecular formula is C14H11NO2. The molecule has 1 aromatic carbocycles. The van der Waals surface area contributed by atoms with Gasteiger partial charge in [-0.1, -0.05) is 12.0 Å². The van der Waals surface area contributed by atoms with E-state index in [4.69, 9.17) is 0 Å². The van der Waals surface area contributed by atoms with E-state index in [0.717, 1.165) is 22.2 Å². The smallest absolute Gasteiger partial charge is 0.384 e. The number of ether oxygens (including phenoxy) is 1. The van der Waals surface area contributed by atoms with E-state index in [1.54, 1.807) is 0 Å². The van der Waals surface area contributed by atoms with Crippen molar-refractivity contribution >= 4 is 16.9 Å². The number of esters is 1. The van der Waals surface area contributed by atoms with Crippen molar-refractivity contribution < 1.29 is 9.53 Å². The summed E-state index contributed by atoms with van der Waals surface area (Å²) in [6.45, 7) is 1.95. The fourth-order valence-electron chi connectivity index (χ4n) is 1.48. The number of aryl methyl sites for hydroxylation is 1. The summed E-state index contributed by atoms with van der Waals surface area (Å²) in [6, 6.07) is 9.56. The van der Waals surface area contributed by atoms with Gasteiger partial charge in [-0.25, -0.2) is 4.79 Å². The van der Waals surface area contributed by atoms with Crippen LogP contribution in [0.1, 0.15) is 11.3 Å². The predicted molar refractivity (Wildman–Crippen MR) is 65.4 cm³/mol. The highest BCUT2D eigenvalue weighted by atomic mass is 16.5. The summed E-state index contributed by atoms with van der Waals surface area (Å²) in [4.78, 5) is 15.3. The van der Waals surface area contributed by atoms with E-state index >= 15 is 0 Å². The van der Waals surface area contributed by atoms with E-state index < -0.39 is 5.97 Å². The largest absolute Gasteiger partial charge is 0.459 e. The maximum atomic E-state index is 10.9. The lowest BCUT2D eigenvalue weighted by molar-refractivity contribution is -0.133. The van der Waals surface area contributed by atoms with Crippen LogP contribution in [0.15, 0.2) is 30.3 Å². The van der Waals surface area contributed by atoms with Gasteiger partial charge in [0.15, 0.2) is 0 Å². The highest BCUT2D eigenvalue weighted by Crippen LogP contribution is 2.14. The number of nitrogens with zero attached hydrogens (tertiary/aromatic N) is 1. The first-order valence-electron chi connectivity index (χ1n) is 5.16. The number of benzene rings is 1. The minimum absolute atomic E-state index is 0.535. The van der Waals surface area contributed by atoms with Crippen molar-refractivity contribution in [3.05, 3.63) is 41.6 Å². The van der Waals surface area contributed by atoms with E-state index in [1.165, 1.54) is 7.11 Å². The number of aromatic nitrogens is 1. The van der Waals surface area contributed by atoms with Crippen LogP contribution in [0.25, 0.3) is 10.9 Å². The van der Waals surface area contributed by atoms with E-state index in [0.29, 0.717) is 0 Å². The van der Waals surface area contributed by atoms with Gasteiger partial charge in [0.25, 0.3) is 0 Å². The first-order valence-corrected chi connectivity index (χ1v) is 5.16. The maximum absolute atomic E-state index is 10.9. The average molecular weight is 225 g/mol. The monoisotopic (exact) mass is 225 g/mol. The summed E-state index contributed by atoms with van der Waals surface area (Å²) in [5.41, 5.74) is 2.67. The maximum Gasteiger partial charge on any atom is 0.384 e. The highest BCUT2D eigenvalue weighted by molar-refractivity contribution is 5.89. The van der Waals surface area contributed by atoms with Gasteiger partial charge in [0.05, 0.1) is 12.6 Å². The van der Waals surface area contributed by atoms with Crippen molar-refractivity contribution in [2.75, 3.05) is 7.11 Å². The third-order valence-electron chi connectivity index (χ3n) is 2.32. The van der Waals surface area contributed by atoms with Crippen molar-refractivity contribution in [3.63, 3.8) is 0 Å². The molecule has 17 heavy (non-hydrogen) atoms. The highest BCUT2D eigenvalue weighted by Gasteiger charge is 1.97. The van der Waals surface area contributed by atoms with Gasteiger partial charge in [-0.2, -0.15) is 0 Å². The van der Waals surface area contributed by atoms with Gasteiger partial charge >= 0.3 is 5.97 Å². The number of hydrogen-bond donors (Lipinski definition) is 0. The molecule has 0 bridgehead atoms. The van der Waals surface area contributed by atoms with Crippen LogP contribution in [0.5, 0.6) is 0 Å². The van der Waals surface area contributed by atoms with Gasteiger partial charge < -0.3 is 4.74 Å². The fourth-order valence-corrected chi connectivity index (χ4v) is 1.48. The lowest BCUT2D eigenvalue weighted by Gasteiger charge is -1.99. The van der Waals surface area contributed by atoms with Crippen LogP contribution in [0.4, 0.5) is 0 Å². The van der Waals surface area contributed by atoms with E-state index in [9.17, 15) is 4.79 Å². The normalized spacial score (nSPS) is 9.53. The molecule has 84 valence electrons. The van der Waals surface area contributed by atoms with Crippen LogP contribution in [-0.2, 0) is 9.53 Å². The fraction of sp³-hybridized carbons (Fsp3) is 0.143. The molecule has 0 amide bonds. The second-order valence-corrected chi connectivity index (χ2v) is 3.60. The third kappa shape index (κ3) is 2.61. The Balaban J connectivity index is 2.40. The molecule has 0 aliphatic heterocycles. The van der Waals surface area contributed by atoms with Crippen LogP contribution in [0.2, 0.25) is 0 Å². The summed E-state index contributed by atoms with van der Waals surface area (Å²) in [6.07, 6.45) is 0. The van der Waals surface area contributed by atoms with Crippen LogP contribution in [-0.4, -0.2) is 18.1 Å². The van der Waals surface area contributed by atoms with E-state index in [-0.39, 0.29) is 0 Å². The standard InChI is InChI=1S/C14H11NO2/c1-10-3-6-12-9-11(4-7-13(12)15-10)5-8-14(16)17-2/h3-4,6-7,9H,1-2H3. The molecule has 0 aliphatic carbocycles. The molecular weight excluding hydrogens is 214 g/mol. The summed E-state index contributed by atoms with van der Waals surface area (Å²) >= 11 is 0. The van der Waals surface area contributed by atoms with Gasteiger partial charge in [0.2, 0.25) is 0 Å². The van der Waals surface area contributed by atoms with Crippen molar-refractivity contribution in [3.8, 4) is 11.8 Å². The number of pyridine rings is 1. The Hall–Kier alpha value is -2.34. The molecule has 1 aromatic heterocycles. The Morgan fingerprint density at radius 2 is 2.12 bits per heavy atom. The van der Waals surface area contributed by atoms with Gasteiger partial charge in [0.1, 0.15) is 0 Å². The lowest BCUT2D eigenvalue weighted by Crippen LogP contribution is -1.94. The number of fused-ring (bicyclic) bond motifs is 1. The molecule has 2 rings (SSSR count). The zero-order valence-electron chi connectivity index (χ0n) is 9.65. The molecule has 0 spiro atoms. The SMILES string of the molecule is COC(=O)C#Cc1ccc2nc(C)ccc2c1. The minimum atomic E-state index is -0.535. The summed E-state index contributed by atoms with van der Waals surface area (Å²) in [5.74, 6) is 4.61. The Labute approximate surface area is 99.4 Å². The zero-order valence-corrected chi connectivity index (χ0v) is 9.65. The first kappa shape index (κ1) is 11.2. The van der Waals surface area contributed by atoms with Crippen molar-refractivity contribution in [2.24, 2.45) is 0 Å². The Morgan fingerprint density at radius 3 is 2.88 bits per heavy atom. The molecule has 0 saturated carbocycles. The molecule has 3 nitrogen and oxygen atoms in total. The minimum Gasteiger partial charge on any atom is -0.459 e. The average Bonchev–Trinajstić information content (AvgIpc) is 2.35. The first-order chi connectivity index (χ1) is 8.19. The van der Waals surface area contributed by atoms with E-state index in [2.05, 4.69) is 21.6 Å². The second-order valence-electron chi connectivity index (χ2n) is 3.60. The molecule has 0 fully saturated rings. The Bertz CT molecular complexity index is 635.